The molecule has 0 radical (unpaired) electrons. The lowest BCUT2D eigenvalue weighted by atomic mass is 9.84. The first-order chi connectivity index (χ1) is 8.86. The van der Waals surface area contributed by atoms with Crippen molar-refractivity contribution < 1.29 is 4.74 Å². The molecular formula is C15H22N2OS. The van der Waals surface area contributed by atoms with E-state index in [0.29, 0.717) is 11.4 Å². The van der Waals surface area contributed by atoms with Crippen molar-refractivity contribution in [2.24, 2.45) is 10.4 Å². The van der Waals surface area contributed by atoms with Crippen molar-refractivity contribution >= 4 is 17.4 Å². The van der Waals surface area contributed by atoms with Gasteiger partial charge in [-0.15, -0.1) is 11.3 Å². The number of hydrogen-bond acceptors (Lipinski definition) is 4. The predicted octanol–water partition coefficient (Wildman–Crippen LogP) is 4.18. The summed E-state index contributed by atoms with van der Waals surface area (Å²) < 4.78 is 5.73. The van der Waals surface area contributed by atoms with Gasteiger partial charge in [-0.25, -0.2) is 4.99 Å². The van der Waals surface area contributed by atoms with Gasteiger partial charge in [0, 0.05) is 6.20 Å². The summed E-state index contributed by atoms with van der Waals surface area (Å²) in [5.41, 5.74) is 0.150. The molecule has 1 aliphatic rings. The van der Waals surface area contributed by atoms with Crippen molar-refractivity contribution in [3.63, 3.8) is 0 Å². The lowest BCUT2D eigenvalue weighted by molar-refractivity contribution is 0.326. The molecule has 1 aromatic rings. The molecule has 2 heterocycles. The molecule has 1 aliphatic heterocycles. The monoisotopic (exact) mass is 278 g/mol. The van der Waals surface area contributed by atoms with Gasteiger partial charge in [-0.1, -0.05) is 20.8 Å². The van der Waals surface area contributed by atoms with E-state index in [-0.39, 0.29) is 5.54 Å². The summed E-state index contributed by atoms with van der Waals surface area (Å²) in [4.78, 5) is 4.69. The smallest absolute Gasteiger partial charge is 0.295 e. The van der Waals surface area contributed by atoms with Crippen molar-refractivity contribution in [3.05, 3.63) is 29.8 Å². The maximum Gasteiger partial charge on any atom is 0.295 e. The predicted molar refractivity (Wildman–Crippen MR) is 81.8 cm³/mol. The molecular weight excluding hydrogens is 256 g/mol. The fraction of sp³-hybridized carbons (Fsp3) is 0.533. The third kappa shape index (κ3) is 4.39. The van der Waals surface area contributed by atoms with Crippen molar-refractivity contribution in [1.29, 1.82) is 0 Å². The minimum atomic E-state index is -0.175. The highest BCUT2D eigenvalue weighted by atomic mass is 32.1. The second-order valence-electron chi connectivity index (χ2n) is 6.35. The number of thiophene rings is 1. The average molecular weight is 278 g/mol. The van der Waals surface area contributed by atoms with Crippen LogP contribution in [0.3, 0.4) is 0 Å². The number of aliphatic imine (C=N–C) groups is 1. The van der Waals surface area contributed by atoms with Gasteiger partial charge in [-0.05, 0) is 48.8 Å². The van der Waals surface area contributed by atoms with Gasteiger partial charge in [0.2, 0.25) is 0 Å². The second-order valence-corrected chi connectivity index (χ2v) is 7.26. The Morgan fingerprint density at radius 1 is 1.42 bits per heavy atom. The summed E-state index contributed by atoms with van der Waals surface area (Å²) in [6, 6.07) is 4.50. The molecule has 0 aromatic carbocycles. The fourth-order valence-electron chi connectivity index (χ4n) is 1.83. The van der Waals surface area contributed by atoms with Gasteiger partial charge in [0.25, 0.3) is 6.02 Å². The molecule has 0 aliphatic carbocycles. The Kier molecular flexibility index (Phi) is 3.99. The molecule has 3 nitrogen and oxygen atoms in total. The Labute approximate surface area is 119 Å². The van der Waals surface area contributed by atoms with Gasteiger partial charge in [-0.3, -0.25) is 0 Å². The molecule has 0 saturated carbocycles. The van der Waals surface area contributed by atoms with Crippen LogP contribution in [-0.4, -0.2) is 11.6 Å². The first-order valence-corrected chi connectivity index (χ1v) is 7.50. The van der Waals surface area contributed by atoms with Crippen LogP contribution in [0.5, 0.6) is 5.06 Å². The highest BCUT2D eigenvalue weighted by molar-refractivity contribution is 7.11. The van der Waals surface area contributed by atoms with E-state index in [0.717, 1.165) is 17.9 Å². The van der Waals surface area contributed by atoms with Crippen molar-refractivity contribution in [2.75, 3.05) is 0 Å². The van der Waals surface area contributed by atoms with Crippen LogP contribution in [0, 0.1) is 5.41 Å². The third-order valence-electron chi connectivity index (χ3n) is 3.08. The molecule has 1 atom stereocenters. The summed E-state index contributed by atoms with van der Waals surface area (Å²) in [5.74, 6) is 0. The number of ether oxygens (including phenoxy) is 1. The number of rotatable bonds is 3. The number of nitrogens with one attached hydrogen (secondary N) is 1. The Balaban J connectivity index is 2.02. The van der Waals surface area contributed by atoms with Crippen LogP contribution in [0.15, 0.2) is 34.8 Å². The Morgan fingerprint density at radius 3 is 2.84 bits per heavy atom. The van der Waals surface area contributed by atoms with Gasteiger partial charge in [0.05, 0.1) is 5.54 Å². The van der Waals surface area contributed by atoms with Crippen molar-refractivity contribution in [2.45, 2.75) is 46.1 Å². The van der Waals surface area contributed by atoms with Gasteiger partial charge in [-0.2, -0.15) is 0 Å². The van der Waals surface area contributed by atoms with Crippen LogP contribution in [0.1, 0.15) is 40.5 Å². The first kappa shape index (κ1) is 14.1. The second kappa shape index (κ2) is 5.37. The Morgan fingerprint density at radius 2 is 2.21 bits per heavy atom. The third-order valence-corrected chi connectivity index (χ3v) is 3.82. The maximum absolute atomic E-state index is 5.73. The average Bonchev–Trinajstić information content (AvgIpc) is 2.79. The van der Waals surface area contributed by atoms with Crippen molar-refractivity contribution in [3.8, 4) is 5.06 Å². The molecule has 0 amide bonds. The van der Waals surface area contributed by atoms with Gasteiger partial charge >= 0.3 is 0 Å². The summed E-state index contributed by atoms with van der Waals surface area (Å²) in [5, 5.41) is 5.92. The summed E-state index contributed by atoms with van der Waals surface area (Å²) in [6.07, 6.45) is 6.19. The molecule has 1 aromatic heterocycles. The van der Waals surface area contributed by atoms with Gasteiger partial charge in [0.1, 0.15) is 0 Å². The lowest BCUT2D eigenvalue weighted by Gasteiger charge is -2.29. The maximum atomic E-state index is 5.73. The van der Waals surface area contributed by atoms with Crippen LogP contribution in [-0.2, 0) is 0 Å². The molecule has 0 fully saturated rings. The zero-order chi connectivity index (χ0) is 13.9. The molecule has 0 bridgehead atoms. The van der Waals surface area contributed by atoms with E-state index in [9.17, 15) is 0 Å². The molecule has 2 rings (SSSR count). The molecule has 19 heavy (non-hydrogen) atoms. The first-order valence-electron chi connectivity index (χ1n) is 6.62. The number of nitrogens with zero attached hydrogens (tertiary/aromatic N) is 1. The fourth-order valence-corrected chi connectivity index (χ4v) is 2.41. The molecule has 0 saturated heterocycles. The minimum absolute atomic E-state index is 0.175. The van der Waals surface area contributed by atoms with Crippen molar-refractivity contribution in [1.82, 2.24) is 5.32 Å². The van der Waals surface area contributed by atoms with Gasteiger partial charge < -0.3 is 10.1 Å². The van der Waals surface area contributed by atoms with Crippen LogP contribution in [0.25, 0.3) is 0 Å². The van der Waals surface area contributed by atoms with Crippen LogP contribution in [0.2, 0.25) is 0 Å². The Hall–Kier alpha value is -1.29. The van der Waals surface area contributed by atoms with Gasteiger partial charge in [0.15, 0.2) is 5.06 Å². The molecule has 1 unspecified atom stereocenters. The summed E-state index contributed by atoms with van der Waals surface area (Å²) in [7, 11) is 0. The number of amidine groups is 1. The van der Waals surface area contributed by atoms with E-state index < -0.39 is 0 Å². The quantitative estimate of drug-likeness (QED) is 0.899. The number of hydrogen-bond donors (Lipinski definition) is 1. The lowest BCUT2D eigenvalue weighted by Crippen LogP contribution is -2.35. The highest BCUT2D eigenvalue weighted by Crippen LogP contribution is 2.30. The molecule has 104 valence electrons. The van der Waals surface area contributed by atoms with Crippen LogP contribution >= 0.6 is 11.3 Å². The topological polar surface area (TPSA) is 33.6 Å². The standard InChI is InChI=1S/C15H22N2OS/c1-14(2,3)7-8-15(4)9-10-16-13(17-15)18-12-6-5-11-19-12/h5-6,9-11H,7-8H2,1-4H3,(H,16,17). The van der Waals surface area contributed by atoms with Crippen LogP contribution < -0.4 is 10.1 Å². The normalized spacial score (nSPS) is 22.8. The summed E-state index contributed by atoms with van der Waals surface area (Å²) >= 11 is 1.57. The van der Waals surface area contributed by atoms with E-state index in [4.69, 9.17) is 9.73 Å². The van der Waals surface area contributed by atoms with E-state index >= 15 is 0 Å². The van der Waals surface area contributed by atoms with E-state index in [1.165, 1.54) is 0 Å². The molecule has 4 heteroatoms. The highest BCUT2D eigenvalue weighted by Gasteiger charge is 2.26. The summed E-state index contributed by atoms with van der Waals surface area (Å²) in [6.45, 7) is 8.92. The Bertz CT molecular complexity index is 471. The van der Waals surface area contributed by atoms with E-state index in [2.05, 4.69) is 39.1 Å². The van der Waals surface area contributed by atoms with E-state index in [1.54, 1.807) is 11.3 Å². The zero-order valence-electron chi connectivity index (χ0n) is 12.1. The van der Waals surface area contributed by atoms with E-state index in [1.807, 2.05) is 23.7 Å². The minimum Gasteiger partial charge on any atom is -0.415 e. The molecule has 1 N–H and O–H groups in total. The SMILES string of the molecule is CC(C)(C)CCC1(C)C=CNC(Oc2cccs2)=N1. The molecule has 0 spiro atoms. The largest absolute Gasteiger partial charge is 0.415 e. The van der Waals surface area contributed by atoms with Crippen LogP contribution in [0.4, 0.5) is 0 Å². The zero-order valence-corrected chi connectivity index (χ0v) is 12.9.